The van der Waals surface area contributed by atoms with Crippen molar-refractivity contribution in [1.29, 1.82) is 0 Å². The van der Waals surface area contributed by atoms with Crippen LogP contribution < -0.4 is 0 Å². The Balaban J connectivity index is 0.00000196. The summed E-state index contributed by atoms with van der Waals surface area (Å²) in [6.07, 6.45) is 2.86. The standard InChI is InChI=1S/C12H21NO.ClH/c1-9-6-11(14)10(8-13(4)5)12(2,3)7-9;/h6,10H,7-8H2,1-5H3;1H. The third-order valence-electron chi connectivity index (χ3n) is 2.96. The van der Waals surface area contributed by atoms with Gasteiger partial charge in [-0.05, 0) is 38.9 Å². The van der Waals surface area contributed by atoms with Gasteiger partial charge in [0.15, 0.2) is 5.78 Å². The van der Waals surface area contributed by atoms with Gasteiger partial charge in [0.25, 0.3) is 0 Å². The molecule has 88 valence electrons. The zero-order chi connectivity index (χ0) is 10.9. The van der Waals surface area contributed by atoms with E-state index >= 15 is 0 Å². The Morgan fingerprint density at radius 3 is 2.40 bits per heavy atom. The van der Waals surface area contributed by atoms with E-state index in [9.17, 15) is 4.79 Å². The number of nitrogens with zero attached hydrogens (tertiary/aromatic N) is 1. The molecule has 1 aliphatic carbocycles. The zero-order valence-corrected chi connectivity index (χ0v) is 11.1. The fraction of sp³-hybridized carbons (Fsp3) is 0.750. The van der Waals surface area contributed by atoms with Gasteiger partial charge in [0, 0.05) is 12.5 Å². The highest BCUT2D eigenvalue weighted by Gasteiger charge is 2.37. The maximum Gasteiger partial charge on any atom is 0.160 e. The van der Waals surface area contributed by atoms with E-state index in [4.69, 9.17) is 0 Å². The van der Waals surface area contributed by atoms with Crippen LogP contribution in [0.3, 0.4) is 0 Å². The second-order valence-corrected chi connectivity index (χ2v) is 5.37. The summed E-state index contributed by atoms with van der Waals surface area (Å²) in [5.41, 5.74) is 1.33. The van der Waals surface area contributed by atoms with Crippen molar-refractivity contribution in [3.05, 3.63) is 11.6 Å². The minimum atomic E-state index is 0. The van der Waals surface area contributed by atoms with Gasteiger partial charge in [0.2, 0.25) is 0 Å². The van der Waals surface area contributed by atoms with Crippen molar-refractivity contribution in [2.75, 3.05) is 20.6 Å². The molecular formula is C12H22ClNO. The molecule has 1 atom stereocenters. The molecule has 3 heteroatoms. The molecule has 0 aliphatic heterocycles. The van der Waals surface area contributed by atoms with Crippen LogP contribution in [0.15, 0.2) is 11.6 Å². The molecule has 0 bridgehead atoms. The van der Waals surface area contributed by atoms with Crippen molar-refractivity contribution >= 4 is 18.2 Å². The van der Waals surface area contributed by atoms with E-state index < -0.39 is 0 Å². The molecule has 0 N–H and O–H groups in total. The number of hydrogen-bond acceptors (Lipinski definition) is 2. The topological polar surface area (TPSA) is 20.3 Å². The summed E-state index contributed by atoms with van der Waals surface area (Å²) in [5.74, 6) is 0.452. The Kier molecular flexibility index (Phi) is 5.01. The van der Waals surface area contributed by atoms with Crippen LogP contribution in [-0.4, -0.2) is 31.3 Å². The molecule has 2 nitrogen and oxygen atoms in total. The second kappa shape index (κ2) is 5.13. The van der Waals surface area contributed by atoms with Gasteiger partial charge in [-0.2, -0.15) is 0 Å². The van der Waals surface area contributed by atoms with Gasteiger partial charge < -0.3 is 4.90 Å². The van der Waals surface area contributed by atoms with E-state index in [1.54, 1.807) is 0 Å². The molecule has 1 unspecified atom stereocenters. The number of allylic oxidation sites excluding steroid dienone is 2. The molecule has 1 aliphatic rings. The molecule has 0 saturated heterocycles. The predicted octanol–water partition coefficient (Wildman–Crippen LogP) is 2.53. The quantitative estimate of drug-likeness (QED) is 0.728. The molecule has 0 aromatic heterocycles. The average Bonchev–Trinajstić information content (AvgIpc) is 1.95. The largest absolute Gasteiger partial charge is 0.309 e. The lowest BCUT2D eigenvalue weighted by atomic mass is 9.68. The van der Waals surface area contributed by atoms with Crippen molar-refractivity contribution in [1.82, 2.24) is 4.90 Å². The fourth-order valence-corrected chi connectivity index (χ4v) is 2.32. The average molecular weight is 232 g/mol. The molecule has 0 amide bonds. The van der Waals surface area contributed by atoms with Gasteiger partial charge in [0.1, 0.15) is 0 Å². The molecule has 0 saturated carbocycles. The van der Waals surface area contributed by atoms with E-state index in [1.807, 2.05) is 27.1 Å². The van der Waals surface area contributed by atoms with Crippen LogP contribution in [0.4, 0.5) is 0 Å². The Hall–Kier alpha value is -0.340. The Bertz CT molecular complexity index is 269. The van der Waals surface area contributed by atoms with E-state index in [0.717, 1.165) is 13.0 Å². The smallest absolute Gasteiger partial charge is 0.160 e. The maximum atomic E-state index is 11.9. The highest BCUT2D eigenvalue weighted by molar-refractivity contribution is 5.94. The fourth-order valence-electron chi connectivity index (χ4n) is 2.32. The Morgan fingerprint density at radius 1 is 1.47 bits per heavy atom. The van der Waals surface area contributed by atoms with Gasteiger partial charge in [-0.25, -0.2) is 0 Å². The molecule has 0 radical (unpaired) electrons. The van der Waals surface area contributed by atoms with Crippen LogP contribution in [-0.2, 0) is 4.79 Å². The van der Waals surface area contributed by atoms with Gasteiger partial charge >= 0.3 is 0 Å². The number of halogens is 1. The zero-order valence-electron chi connectivity index (χ0n) is 10.3. The first-order chi connectivity index (χ1) is 6.33. The minimum absolute atomic E-state index is 0. The van der Waals surface area contributed by atoms with Crippen LogP contribution in [0.25, 0.3) is 0 Å². The number of rotatable bonds is 2. The molecule has 15 heavy (non-hydrogen) atoms. The van der Waals surface area contributed by atoms with E-state index in [0.29, 0.717) is 5.78 Å². The number of carbonyl (C=O) groups excluding carboxylic acids is 1. The third-order valence-corrected chi connectivity index (χ3v) is 2.96. The third kappa shape index (κ3) is 3.62. The monoisotopic (exact) mass is 231 g/mol. The first-order valence-corrected chi connectivity index (χ1v) is 5.18. The van der Waals surface area contributed by atoms with Gasteiger partial charge in [-0.3, -0.25) is 4.79 Å². The van der Waals surface area contributed by atoms with Crippen molar-refractivity contribution < 1.29 is 4.79 Å². The van der Waals surface area contributed by atoms with Crippen LogP contribution >= 0.6 is 12.4 Å². The SMILES string of the molecule is CC1=CC(=O)C(CN(C)C)C(C)(C)C1.Cl. The summed E-state index contributed by atoms with van der Waals surface area (Å²) in [4.78, 5) is 13.9. The molecule has 0 aromatic rings. The lowest BCUT2D eigenvalue weighted by molar-refractivity contribution is -0.123. The summed E-state index contributed by atoms with van der Waals surface area (Å²) >= 11 is 0. The second-order valence-electron chi connectivity index (χ2n) is 5.37. The summed E-state index contributed by atoms with van der Waals surface area (Å²) in [6.45, 7) is 7.28. The van der Waals surface area contributed by atoms with Gasteiger partial charge in [0.05, 0.1) is 0 Å². The molecule has 1 rings (SSSR count). The highest BCUT2D eigenvalue weighted by Crippen LogP contribution is 2.38. The summed E-state index contributed by atoms with van der Waals surface area (Å²) < 4.78 is 0. The number of ketones is 1. The number of hydrogen-bond donors (Lipinski definition) is 0. The van der Waals surface area contributed by atoms with Gasteiger partial charge in [-0.15, -0.1) is 12.4 Å². The summed E-state index contributed by atoms with van der Waals surface area (Å²) in [7, 11) is 4.04. The van der Waals surface area contributed by atoms with E-state index in [-0.39, 0.29) is 23.7 Å². The first kappa shape index (κ1) is 14.7. The normalized spacial score (nSPS) is 24.8. The van der Waals surface area contributed by atoms with E-state index in [2.05, 4.69) is 18.7 Å². The van der Waals surface area contributed by atoms with Crippen LogP contribution in [0, 0.1) is 11.3 Å². The van der Waals surface area contributed by atoms with Crippen LogP contribution in [0.5, 0.6) is 0 Å². The summed E-state index contributed by atoms with van der Waals surface area (Å²) in [5, 5.41) is 0. The lowest BCUT2D eigenvalue weighted by Gasteiger charge is -2.37. The molecule has 0 spiro atoms. The lowest BCUT2D eigenvalue weighted by Crippen LogP contribution is -2.40. The molecule has 0 aromatic carbocycles. The minimum Gasteiger partial charge on any atom is -0.309 e. The van der Waals surface area contributed by atoms with Crippen molar-refractivity contribution in [3.8, 4) is 0 Å². The van der Waals surface area contributed by atoms with Gasteiger partial charge in [-0.1, -0.05) is 19.4 Å². The summed E-state index contributed by atoms with van der Waals surface area (Å²) in [6, 6.07) is 0. The Labute approximate surface area is 99.1 Å². The predicted molar refractivity (Wildman–Crippen MR) is 66.5 cm³/mol. The number of carbonyl (C=O) groups is 1. The van der Waals surface area contributed by atoms with Crippen molar-refractivity contribution in [2.45, 2.75) is 27.2 Å². The highest BCUT2D eigenvalue weighted by atomic mass is 35.5. The van der Waals surface area contributed by atoms with Crippen molar-refractivity contribution in [2.24, 2.45) is 11.3 Å². The Morgan fingerprint density at radius 2 is 2.00 bits per heavy atom. The molecule has 0 heterocycles. The van der Waals surface area contributed by atoms with Crippen LogP contribution in [0.2, 0.25) is 0 Å². The molecular weight excluding hydrogens is 210 g/mol. The van der Waals surface area contributed by atoms with Crippen molar-refractivity contribution in [3.63, 3.8) is 0 Å². The molecule has 0 fully saturated rings. The van der Waals surface area contributed by atoms with E-state index in [1.165, 1.54) is 5.57 Å². The maximum absolute atomic E-state index is 11.9. The first-order valence-electron chi connectivity index (χ1n) is 5.18. The van der Waals surface area contributed by atoms with Crippen LogP contribution in [0.1, 0.15) is 27.2 Å².